The summed E-state index contributed by atoms with van der Waals surface area (Å²) in [5.41, 5.74) is 5.75. The maximum Gasteiger partial charge on any atom is 0.184 e. The molecule has 7 nitrogen and oxygen atoms in total. The van der Waals surface area contributed by atoms with Crippen LogP contribution in [-0.4, -0.2) is 40.3 Å². The van der Waals surface area contributed by atoms with Gasteiger partial charge in [-0.05, 0) is 56.5 Å². The summed E-state index contributed by atoms with van der Waals surface area (Å²) >= 11 is 0. The Bertz CT molecular complexity index is 1200. The third kappa shape index (κ3) is 3.55. The Labute approximate surface area is 169 Å². The molecule has 3 aromatic heterocycles. The molecule has 150 valence electrons. The molecule has 0 amide bonds. The van der Waals surface area contributed by atoms with Crippen LogP contribution in [0.25, 0.3) is 16.7 Å². The van der Waals surface area contributed by atoms with Gasteiger partial charge < -0.3 is 14.8 Å². The van der Waals surface area contributed by atoms with Gasteiger partial charge in [0, 0.05) is 24.0 Å². The zero-order valence-corrected chi connectivity index (χ0v) is 17.4. The number of aryl methyl sites for hydroxylation is 3. The van der Waals surface area contributed by atoms with Gasteiger partial charge in [0.25, 0.3) is 0 Å². The maximum absolute atomic E-state index is 5.39. The third-order valence-corrected chi connectivity index (χ3v) is 4.97. The van der Waals surface area contributed by atoms with Crippen molar-refractivity contribution in [3.05, 3.63) is 52.8 Å². The number of methoxy groups -OCH3 is 2. The van der Waals surface area contributed by atoms with Gasteiger partial charge in [0.15, 0.2) is 22.8 Å². The molecule has 0 unspecified atom stereocenters. The molecule has 0 saturated heterocycles. The van der Waals surface area contributed by atoms with Crippen molar-refractivity contribution >= 4 is 22.5 Å². The lowest BCUT2D eigenvalue weighted by molar-refractivity contribution is 0.354. The van der Waals surface area contributed by atoms with Crippen LogP contribution in [0.1, 0.15) is 22.5 Å². The number of hydrogen-bond donors (Lipinski definition) is 1. The molecular formula is C22H25N5O2. The van der Waals surface area contributed by atoms with Crippen molar-refractivity contribution in [2.24, 2.45) is 0 Å². The molecule has 0 radical (unpaired) electrons. The summed E-state index contributed by atoms with van der Waals surface area (Å²) in [6.07, 6.45) is 0.834. The molecule has 0 bridgehead atoms. The van der Waals surface area contributed by atoms with Crippen LogP contribution in [0.5, 0.6) is 11.5 Å². The molecule has 0 fully saturated rings. The van der Waals surface area contributed by atoms with Crippen molar-refractivity contribution in [1.82, 2.24) is 19.6 Å². The summed E-state index contributed by atoms with van der Waals surface area (Å²) in [5.74, 6) is 2.38. The van der Waals surface area contributed by atoms with Gasteiger partial charge in [-0.15, -0.1) is 5.10 Å². The molecule has 0 aliphatic carbocycles. The fraction of sp³-hybridized carbons (Fsp3) is 0.318. The Morgan fingerprint density at radius 1 is 0.931 bits per heavy atom. The van der Waals surface area contributed by atoms with Crippen molar-refractivity contribution in [2.75, 3.05) is 26.1 Å². The van der Waals surface area contributed by atoms with E-state index in [1.165, 1.54) is 0 Å². The molecule has 0 spiro atoms. The van der Waals surface area contributed by atoms with Gasteiger partial charge in [-0.3, -0.25) is 0 Å². The first-order valence-corrected chi connectivity index (χ1v) is 9.59. The molecule has 3 heterocycles. The number of hydrogen-bond acceptors (Lipinski definition) is 6. The smallest absolute Gasteiger partial charge is 0.184 e. The maximum atomic E-state index is 5.39. The second-order valence-corrected chi connectivity index (χ2v) is 7.16. The molecule has 4 rings (SSSR count). The normalized spacial score (nSPS) is 11.2. The fourth-order valence-corrected chi connectivity index (χ4v) is 3.64. The van der Waals surface area contributed by atoms with Gasteiger partial charge in [-0.2, -0.15) is 4.52 Å². The molecule has 0 atom stereocenters. The van der Waals surface area contributed by atoms with Crippen LogP contribution in [0.15, 0.2) is 30.3 Å². The Hall–Kier alpha value is -3.35. The van der Waals surface area contributed by atoms with Crippen LogP contribution in [0, 0.1) is 20.8 Å². The minimum Gasteiger partial charge on any atom is -0.493 e. The number of ether oxygens (including phenoxy) is 2. The van der Waals surface area contributed by atoms with E-state index in [4.69, 9.17) is 19.6 Å². The first kappa shape index (κ1) is 19.0. The standard InChI is InChI=1S/C22H25N5O2/c1-13-10-14(2)24-21-20(13)22-25-15(3)11-19(27(22)26-21)23-9-8-16-6-7-17(28-4)18(12-16)29-5/h6-7,10-12,23H,8-9H2,1-5H3. The average Bonchev–Trinajstić information content (AvgIpc) is 3.06. The highest BCUT2D eigenvalue weighted by atomic mass is 16.5. The molecule has 0 aliphatic heterocycles. The summed E-state index contributed by atoms with van der Waals surface area (Å²) in [6, 6.07) is 10.1. The number of fused-ring (bicyclic) bond motifs is 3. The van der Waals surface area contributed by atoms with Gasteiger partial charge in [0.1, 0.15) is 5.82 Å². The number of nitrogens with one attached hydrogen (secondary N) is 1. The van der Waals surface area contributed by atoms with Gasteiger partial charge in [-0.25, -0.2) is 9.97 Å². The van der Waals surface area contributed by atoms with Gasteiger partial charge in [0.05, 0.1) is 19.6 Å². The minimum atomic E-state index is 0.726. The van der Waals surface area contributed by atoms with Crippen molar-refractivity contribution in [3.63, 3.8) is 0 Å². The van der Waals surface area contributed by atoms with Crippen molar-refractivity contribution < 1.29 is 9.47 Å². The SMILES string of the molecule is COc1ccc(CCNc2cc(C)nc3c4c(C)cc(C)nc4nn23)cc1OC. The summed E-state index contributed by atoms with van der Waals surface area (Å²) in [5, 5.41) is 9.20. The molecule has 4 aromatic rings. The van der Waals surface area contributed by atoms with Gasteiger partial charge >= 0.3 is 0 Å². The van der Waals surface area contributed by atoms with E-state index < -0.39 is 0 Å². The molecule has 1 N–H and O–H groups in total. The molecule has 29 heavy (non-hydrogen) atoms. The molecule has 0 saturated carbocycles. The van der Waals surface area contributed by atoms with E-state index in [1.807, 2.05) is 36.6 Å². The van der Waals surface area contributed by atoms with Crippen LogP contribution in [0.3, 0.4) is 0 Å². The monoisotopic (exact) mass is 391 g/mol. The van der Waals surface area contributed by atoms with Crippen LogP contribution in [0.2, 0.25) is 0 Å². The van der Waals surface area contributed by atoms with Crippen LogP contribution < -0.4 is 14.8 Å². The van der Waals surface area contributed by atoms with Crippen LogP contribution in [-0.2, 0) is 6.42 Å². The van der Waals surface area contributed by atoms with Crippen molar-refractivity contribution in [3.8, 4) is 11.5 Å². The highest BCUT2D eigenvalue weighted by Crippen LogP contribution is 2.28. The summed E-state index contributed by atoms with van der Waals surface area (Å²) in [6.45, 7) is 6.80. The van der Waals surface area contributed by atoms with E-state index in [9.17, 15) is 0 Å². The zero-order chi connectivity index (χ0) is 20.5. The topological polar surface area (TPSA) is 73.6 Å². The summed E-state index contributed by atoms with van der Waals surface area (Å²) in [7, 11) is 3.29. The van der Waals surface area contributed by atoms with Crippen molar-refractivity contribution in [2.45, 2.75) is 27.2 Å². The number of nitrogens with zero attached hydrogens (tertiary/aromatic N) is 4. The number of benzene rings is 1. The Morgan fingerprint density at radius 2 is 1.69 bits per heavy atom. The number of aromatic nitrogens is 4. The van der Waals surface area contributed by atoms with E-state index >= 15 is 0 Å². The van der Waals surface area contributed by atoms with E-state index in [0.29, 0.717) is 0 Å². The lowest BCUT2D eigenvalue weighted by Gasteiger charge is -2.11. The lowest BCUT2D eigenvalue weighted by atomic mass is 10.1. The predicted molar refractivity (Wildman–Crippen MR) is 114 cm³/mol. The number of anilines is 1. The average molecular weight is 391 g/mol. The quantitative estimate of drug-likeness (QED) is 0.538. The number of rotatable bonds is 6. The zero-order valence-electron chi connectivity index (χ0n) is 17.4. The highest BCUT2D eigenvalue weighted by molar-refractivity contribution is 5.93. The van der Waals surface area contributed by atoms with Gasteiger partial charge in [-0.1, -0.05) is 6.07 Å². The molecule has 0 aliphatic rings. The second-order valence-electron chi connectivity index (χ2n) is 7.16. The summed E-state index contributed by atoms with van der Waals surface area (Å²) < 4.78 is 12.6. The molecular weight excluding hydrogens is 366 g/mol. The van der Waals surface area contributed by atoms with Crippen LogP contribution in [0.4, 0.5) is 5.82 Å². The first-order valence-electron chi connectivity index (χ1n) is 9.59. The first-order chi connectivity index (χ1) is 14.0. The number of pyridine rings is 1. The van der Waals surface area contributed by atoms with E-state index in [-0.39, 0.29) is 0 Å². The predicted octanol–water partition coefficient (Wildman–Crippen LogP) is 3.87. The largest absolute Gasteiger partial charge is 0.493 e. The second kappa shape index (κ2) is 7.58. The molecule has 7 heteroatoms. The van der Waals surface area contributed by atoms with E-state index in [0.717, 1.165) is 69.5 Å². The van der Waals surface area contributed by atoms with Crippen molar-refractivity contribution in [1.29, 1.82) is 0 Å². The van der Waals surface area contributed by atoms with E-state index in [1.54, 1.807) is 14.2 Å². The Kier molecular flexibility index (Phi) is 4.96. The third-order valence-electron chi connectivity index (χ3n) is 4.97. The highest BCUT2D eigenvalue weighted by Gasteiger charge is 2.14. The van der Waals surface area contributed by atoms with Crippen LogP contribution >= 0.6 is 0 Å². The lowest BCUT2D eigenvalue weighted by Crippen LogP contribution is -2.10. The Morgan fingerprint density at radius 3 is 2.45 bits per heavy atom. The van der Waals surface area contributed by atoms with E-state index in [2.05, 4.69) is 29.4 Å². The van der Waals surface area contributed by atoms with Gasteiger partial charge in [0.2, 0.25) is 0 Å². The fourth-order valence-electron chi connectivity index (χ4n) is 3.64. The Balaban J connectivity index is 1.62. The minimum absolute atomic E-state index is 0.726. The summed E-state index contributed by atoms with van der Waals surface area (Å²) in [4.78, 5) is 9.30. The molecule has 1 aromatic carbocycles.